The van der Waals surface area contributed by atoms with Crippen molar-refractivity contribution in [1.29, 1.82) is 0 Å². The lowest BCUT2D eigenvalue weighted by Gasteiger charge is -2.16. The van der Waals surface area contributed by atoms with Crippen molar-refractivity contribution in [3.63, 3.8) is 0 Å². The largest absolute Gasteiger partial charge is 0.497 e. The van der Waals surface area contributed by atoms with E-state index >= 15 is 0 Å². The first-order valence-corrected chi connectivity index (χ1v) is 12.7. The maximum atomic E-state index is 12.5. The van der Waals surface area contributed by atoms with Crippen LogP contribution in [-0.2, 0) is 19.4 Å². The number of anilines is 2. The first kappa shape index (κ1) is 22.9. The smallest absolute Gasteiger partial charge is 0.227 e. The molecule has 1 aliphatic rings. The van der Waals surface area contributed by atoms with E-state index in [0.717, 1.165) is 5.69 Å². The van der Waals surface area contributed by atoms with Crippen LogP contribution in [0.2, 0.25) is 0 Å². The molecule has 0 bridgehead atoms. The number of carbonyl (C=O) groups excluding carboxylic acids is 2. The topological polar surface area (TPSA) is 119 Å². The summed E-state index contributed by atoms with van der Waals surface area (Å²) in [6.07, 6.45) is 0.100. The average molecular weight is 487 g/mol. The molecule has 1 fully saturated rings. The van der Waals surface area contributed by atoms with E-state index < -0.39 is 15.7 Å². The van der Waals surface area contributed by atoms with Crippen molar-refractivity contribution in [2.45, 2.75) is 23.7 Å². The van der Waals surface area contributed by atoms with Crippen LogP contribution < -0.4 is 15.0 Å². The molecule has 33 heavy (non-hydrogen) atoms. The van der Waals surface area contributed by atoms with Crippen LogP contribution in [0, 0.1) is 0 Å². The lowest BCUT2D eigenvalue weighted by Crippen LogP contribution is -2.24. The third kappa shape index (κ3) is 5.37. The second-order valence-electron chi connectivity index (χ2n) is 7.48. The highest BCUT2D eigenvalue weighted by molar-refractivity contribution is 7.91. The lowest BCUT2D eigenvalue weighted by molar-refractivity contribution is -0.117. The molecule has 2 heterocycles. The van der Waals surface area contributed by atoms with Gasteiger partial charge >= 0.3 is 0 Å². The highest BCUT2D eigenvalue weighted by Gasteiger charge is 2.34. The van der Waals surface area contributed by atoms with Crippen LogP contribution >= 0.6 is 11.3 Å². The monoisotopic (exact) mass is 486 g/mol. The number of nitrogens with one attached hydrogen (secondary N) is 1. The zero-order chi connectivity index (χ0) is 23.4. The predicted molar refractivity (Wildman–Crippen MR) is 124 cm³/mol. The lowest BCUT2D eigenvalue weighted by atomic mass is 10.1. The predicted octanol–water partition coefficient (Wildman–Crippen LogP) is 2.87. The number of benzene rings is 2. The molecule has 172 valence electrons. The van der Waals surface area contributed by atoms with E-state index in [2.05, 4.69) is 15.5 Å². The highest BCUT2D eigenvalue weighted by Crippen LogP contribution is 2.34. The molecule has 1 atom stereocenters. The van der Waals surface area contributed by atoms with Gasteiger partial charge in [0.2, 0.25) is 16.9 Å². The van der Waals surface area contributed by atoms with Crippen LogP contribution in [-0.4, -0.2) is 49.8 Å². The van der Waals surface area contributed by atoms with Crippen LogP contribution in [0.1, 0.15) is 23.8 Å². The Labute approximate surface area is 195 Å². The van der Waals surface area contributed by atoms with Crippen molar-refractivity contribution < 1.29 is 22.7 Å². The minimum Gasteiger partial charge on any atom is -0.497 e. The molecule has 0 aliphatic carbocycles. The summed E-state index contributed by atoms with van der Waals surface area (Å²) >= 11 is 1.19. The third-order valence-electron chi connectivity index (χ3n) is 5.25. The minimum atomic E-state index is -3.54. The van der Waals surface area contributed by atoms with E-state index in [9.17, 15) is 18.0 Å². The van der Waals surface area contributed by atoms with E-state index in [4.69, 9.17) is 4.74 Å². The van der Waals surface area contributed by atoms with E-state index in [1.54, 1.807) is 42.3 Å². The van der Waals surface area contributed by atoms with Crippen LogP contribution in [0.15, 0.2) is 59.5 Å². The van der Waals surface area contributed by atoms with Gasteiger partial charge < -0.3 is 15.0 Å². The van der Waals surface area contributed by atoms with Gasteiger partial charge in [0.05, 0.1) is 17.8 Å². The molecule has 2 amide bonds. The number of hydrogen-bond donors (Lipinski definition) is 1. The van der Waals surface area contributed by atoms with Gasteiger partial charge in [-0.2, -0.15) is 0 Å². The van der Waals surface area contributed by atoms with Crippen LogP contribution in [0.4, 0.5) is 10.8 Å². The van der Waals surface area contributed by atoms with Crippen molar-refractivity contribution in [2.24, 2.45) is 0 Å². The molecule has 1 aromatic heterocycles. The number of sulfone groups is 1. The number of nitrogens with zero attached hydrogens (tertiary/aromatic N) is 3. The van der Waals surface area contributed by atoms with Crippen LogP contribution in [0.25, 0.3) is 0 Å². The molecule has 0 unspecified atom stereocenters. The van der Waals surface area contributed by atoms with Crippen molar-refractivity contribution in [3.05, 3.63) is 59.6 Å². The van der Waals surface area contributed by atoms with Gasteiger partial charge in [0.15, 0.2) is 9.84 Å². The van der Waals surface area contributed by atoms with Crippen molar-refractivity contribution >= 4 is 43.8 Å². The Balaban J connectivity index is 1.34. The Bertz CT molecular complexity index is 1240. The summed E-state index contributed by atoms with van der Waals surface area (Å²) in [6.45, 7) is 0.461. The number of rotatable bonds is 8. The van der Waals surface area contributed by atoms with Gasteiger partial charge in [-0.3, -0.25) is 9.59 Å². The molecule has 11 heteroatoms. The second kappa shape index (κ2) is 9.67. The molecule has 4 rings (SSSR count). The number of aromatic nitrogens is 2. The van der Waals surface area contributed by atoms with E-state index in [-0.39, 0.29) is 34.0 Å². The minimum absolute atomic E-state index is 0.0166. The summed E-state index contributed by atoms with van der Waals surface area (Å²) in [4.78, 5) is 26.6. The van der Waals surface area contributed by atoms with Gasteiger partial charge in [-0.25, -0.2) is 8.42 Å². The van der Waals surface area contributed by atoms with Gasteiger partial charge in [-0.05, 0) is 36.4 Å². The van der Waals surface area contributed by atoms with Crippen LogP contribution in [0.5, 0.6) is 5.75 Å². The molecular weight excluding hydrogens is 464 g/mol. The molecule has 0 saturated carbocycles. The molecule has 1 N–H and O–H groups in total. The SMILES string of the molecule is COc1ccc(N2C[C@H](c3nnc(NC(=O)CCS(=O)(=O)c4ccccc4)s3)CC2=O)cc1. The Morgan fingerprint density at radius 3 is 2.58 bits per heavy atom. The molecule has 0 spiro atoms. The molecule has 1 aliphatic heterocycles. The van der Waals surface area contributed by atoms with E-state index in [1.165, 1.54) is 23.5 Å². The molecule has 0 radical (unpaired) electrons. The third-order valence-corrected chi connectivity index (χ3v) is 7.98. The Hall–Kier alpha value is -3.31. The number of methoxy groups -OCH3 is 1. The number of ether oxygens (including phenoxy) is 1. The molecule has 1 saturated heterocycles. The van der Waals surface area contributed by atoms with Crippen LogP contribution in [0.3, 0.4) is 0 Å². The zero-order valence-corrected chi connectivity index (χ0v) is 19.4. The fraction of sp³-hybridized carbons (Fsp3) is 0.273. The molecular formula is C22H22N4O5S2. The normalized spacial score (nSPS) is 16.1. The molecule has 3 aromatic rings. The fourth-order valence-electron chi connectivity index (χ4n) is 3.49. The van der Waals surface area contributed by atoms with Gasteiger partial charge in [0.25, 0.3) is 0 Å². The van der Waals surface area contributed by atoms with Gasteiger partial charge in [0.1, 0.15) is 10.8 Å². The number of hydrogen-bond acceptors (Lipinski definition) is 8. The summed E-state index contributed by atoms with van der Waals surface area (Å²) < 4.78 is 29.8. The Morgan fingerprint density at radius 2 is 1.88 bits per heavy atom. The Kier molecular flexibility index (Phi) is 6.70. The number of amides is 2. The van der Waals surface area contributed by atoms with E-state index in [0.29, 0.717) is 23.7 Å². The Morgan fingerprint density at radius 1 is 1.15 bits per heavy atom. The second-order valence-corrected chi connectivity index (χ2v) is 10.6. The average Bonchev–Trinajstić information content (AvgIpc) is 3.45. The van der Waals surface area contributed by atoms with Gasteiger partial charge in [0, 0.05) is 31.0 Å². The fourth-order valence-corrected chi connectivity index (χ4v) is 5.60. The van der Waals surface area contributed by atoms with Gasteiger partial charge in [-0.1, -0.05) is 29.5 Å². The van der Waals surface area contributed by atoms with Crippen molar-refractivity contribution in [1.82, 2.24) is 10.2 Å². The highest BCUT2D eigenvalue weighted by atomic mass is 32.2. The summed E-state index contributed by atoms with van der Waals surface area (Å²) in [7, 11) is -1.96. The quantitative estimate of drug-likeness (QED) is 0.520. The standard InChI is InChI=1S/C22H22N4O5S2/c1-31-17-9-7-16(8-10-17)26-14-15(13-20(26)28)21-24-25-22(32-21)23-19(27)11-12-33(29,30)18-5-3-2-4-6-18/h2-10,15H,11-14H2,1H3,(H,23,25,27)/t15-/m1/s1. The summed E-state index contributed by atoms with van der Waals surface area (Å²) in [5.41, 5.74) is 0.779. The molecule has 9 nitrogen and oxygen atoms in total. The first-order valence-electron chi connectivity index (χ1n) is 10.2. The maximum absolute atomic E-state index is 12.5. The van der Waals surface area contributed by atoms with E-state index in [1.807, 2.05) is 12.1 Å². The summed E-state index contributed by atoms with van der Waals surface area (Å²) in [5, 5.41) is 11.7. The summed E-state index contributed by atoms with van der Waals surface area (Å²) in [6, 6.07) is 15.3. The van der Waals surface area contributed by atoms with Crippen molar-refractivity contribution in [3.8, 4) is 5.75 Å². The first-order chi connectivity index (χ1) is 15.9. The molecule has 2 aromatic carbocycles. The number of carbonyl (C=O) groups is 2. The van der Waals surface area contributed by atoms with Gasteiger partial charge in [-0.15, -0.1) is 10.2 Å². The zero-order valence-electron chi connectivity index (χ0n) is 17.8. The summed E-state index contributed by atoms with van der Waals surface area (Å²) in [5.74, 6) is -0.205. The van der Waals surface area contributed by atoms with Crippen molar-refractivity contribution in [2.75, 3.05) is 29.6 Å². The maximum Gasteiger partial charge on any atom is 0.227 e.